The Morgan fingerprint density at radius 3 is 2.26 bits per heavy atom. The van der Waals surface area contributed by atoms with E-state index in [2.05, 4.69) is 32.8 Å². The molecule has 0 aliphatic carbocycles. The zero-order chi connectivity index (χ0) is 16.9. The van der Waals surface area contributed by atoms with Gasteiger partial charge in [-0.2, -0.15) is 18.4 Å². The summed E-state index contributed by atoms with van der Waals surface area (Å²) in [6, 6.07) is 14.4. The van der Waals surface area contributed by atoms with E-state index in [9.17, 15) is 8.42 Å². The molecule has 0 saturated heterocycles. The van der Waals surface area contributed by atoms with Crippen molar-refractivity contribution in [1.82, 2.24) is 4.83 Å². The fourth-order valence-corrected chi connectivity index (χ4v) is 3.18. The average molecular weight is 395 g/mol. The fraction of sp³-hybridized carbons (Fsp3) is 0.235. The largest absolute Gasteiger partial charge is 0.276 e. The molecule has 0 unspecified atom stereocenters. The third kappa shape index (κ3) is 4.91. The molecule has 2 aromatic carbocycles. The van der Waals surface area contributed by atoms with Crippen molar-refractivity contribution in [2.75, 3.05) is 0 Å². The van der Waals surface area contributed by atoms with Crippen molar-refractivity contribution in [2.24, 2.45) is 5.10 Å². The number of nitrogens with zero attached hydrogens (tertiary/aromatic N) is 1. The maximum Gasteiger partial charge on any atom is 0.276 e. The van der Waals surface area contributed by atoms with E-state index in [1.54, 1.807) is 19.1 Å². The molecule has 122 valence electrons. The Labute approximate surface area is 145 Å². The van der Waals surface area contributed by atoms with E-state index in [-0.39, 0.29) is 4.90 Å². The van der Waals surface area contributed by atoms with Gasteiger partial charge in [0.1, 0.15) is 0 Å². The highest BCUT2D eigenvalue weighted by Crippen LogP contribution is 2.14. The second-order valence-electron chi connectivity index (χ2n) is 5.19. The molecule has 0 heterocycles. The molecule has 0 aliphatic rings. The minimum Gasteiger partial charge on any atom is -0.200 e. The van der Waals surface area contributed by atoms with Gasteiger partial charge in [-0.15, -0.1) is 0 Å². The first kappa shape index (κ1) is 17.7. The smallest absolute Gasteiger partial charge is 0.200 e. The number of hydrazone groups is 1. The van der Waals surface area contributed by atoms with Crippen LogP contribution in [0.5, 0.6) is 0 Å². The molecule has 0 fully saturated rings. The highest BCUT2D eigenvalue weighted by atomic mass is 79.9. The number of rotatable bonds is 6. The summed E-state index contributed by atoms with van der Waals surface area (Å²) < 4.78 is 25.2. The van der Waals surface area contributed by atoms with Crippen LogP contribution in [-0.2, 0) is 16.4 Å². The van der Waals surface area contributed by atoms with Crippen LogP contribution in [0.3, 0.4) is 0 Å². The maximum atomic E-state index is 12.2. The van der Waals surface area contributed by atoms with Gasteiger partial charge in [0, 0.05) is 4.47 Å². The van der Waals surface area contributed by atoms with Crippen molar-refractivity contribution in [2.45, 2.75) is 31.6 Å². The number of aryl methyl sites for hydroxylation is 1. The SMILES string of the molecule is CCCc1ccc(C(C)=NNS(=O)(=O)c2ccc(Br)cc2)cc1. The van der Waals surface area contributed by atoms with Gasteiger partial charge in [-0.25, -0.2) is 0 Å². The Hall–Kier alpha value is -1.66. The second-order valence-corrected chi connectivity index (χ2v) is 7.77. The van der Waals surface area contributed by atoms with Crippen molar-refractivity contribution in [3.63, 3.8) is 0 Å². The summed E-state index contributed by atoms with van der Waals surface area (Å²) >= 11 is 3.28. The lowest BCUT2D eigenvalue weighted by atomic mass is 10.1. The van der Waals surface area contributed by atoms with Crippen molar-refractivity contribution in [1.29, 1.82) is 0 Å². The normalized spacial score (nSPS) is 12.2. The van der Waals surface area contributed by atoms with E-state index in [4.69, 9.17) is 0 Å². The summed E-state index contributed by atoms with van der Waals surface area (Å²) in [7, 11) is -3.66. The van der Waals surface area contributed by atoms with E-state index < -0.39 is 10.0 Å². The molecule has 0 aliphatic heterocycles. The highest BCUT2D eigenvalue weighted by molar-refractivity contribution is 9.10. The summed E-state index contributed by atoms with van der Waals surface area (Å²) in [5.41, 5.74) is 2.77. The number of hydrogen-bond donors (Lipinski definition) is 1. The lowest BCUT2D eigenvalue weighted by Crippen LogP contribution is -2.19. The molecular formula is C17H19BrN2O2S. The number of hydrogen-bond acceptors (Lipinski definition) is 3. The van der Waals surface area contributed by atoms with Crippen LogP contribution in [-0.4, -0.2) is 14.1 Å². The van der Waals surface area contributed by atoms with Crippen molar-refractivity contribution < 1.29 is 8.42 Å². The molecule has 6 heteroatoms. The number of sulfonamides is 1. The minimum atomic E-state index is -3.66. The zero-order valence-corrected chi connectivity index (χ0v) is 15.5. The number of benzene rings is 2. The van der Waals surface area contributed by atoms with Crippen LogP contribution in [0.15, 0.2) is 63.0 Å². The van der Waals surface area contributed by atoms with Crippen LogP contribution in [0.25, 0.3) is 0 Å². The molecule has 0 spiro atoms. The number of nitrogens with one attached hydrogen (secondary N) is 1. The van der Waals surface area contributed by atoms with Gasteiger partial charge < -0.3 is 0 Å². The molecule has 0 atom stereocenters. The van der Waals surface area contributed by atoms with E-state index in [0.717, 1.165) is 22.9 Å². The molecular weight excluding hydrogens is 376 g/mol. The summed E-state index contributed by atoms with van der Waals surface area (Å²) in [5, 5.41) is 4.01. The highest BCUT2D eigenvalue weighted by Gasteiger charge is 2.12. The molecule has 0 radical (unpaired) electrons. The lowest BCUT2D eigenvalue weighted by molar-refractivity contribution is 0.584. The molecule has 2 rings (SSSR count). The monoisotopic (exact) mass is 394 g/mol. The topological polar surface area (TPSA) is 58.5 Å². The van der Waals surface area contributed by atoms with Gasteiger partial charge in [-0.3, -0.25) is 0 Å². The van der Waals surface area contributed by atoms with Crippen LogP contribution in [0.4, 0.5) is 0 Å². The Morgan fingerprint density at radius 2 is 1.70 bits per heavy atom. The summed E-state index contributed by atoms with van der Waals surface area (Å²) in [4.78, 5) is 2.45. The van der Waals surface area contributed by atoms with Crippen LogP contribution in [0.2, 0.25) is 0 Å². The molecule has 23 heavy (non-hydrogen) atoms. The Bertz CT molecular complexity index is 782. The van der Waals surface area contributed by atoms with Crippen LogP contribution in [0, 0.1) is 0 Å². The lowest BCUT2D eigenvalue weighted by Gasteiger charge is -2.06. The Morgan fingerprint density at radius 1 is 1.09 bits per heavy atom. The molecule has 0 bridgehead atoms. The second kappa shape index (κ2) is 7.75. The summed E-state index contributed by atoms with van der Waals surface area (Å²) in [6.45, 7) is 3.91. The first-order valence-corrected chi connectivity index (χ1v) is 9.61. The molecule has 2 aromatic rings. The van der Waals surface area contributed by atoms with Crippen molar-refractivity contribution >= 4 is 31.7 Å². The van der Waals surface area contributed by atoms with Crippen LogP contribution >= 0.6 is 15.9 Å². The predicted molar refractivity (Wildman–Crippen MR) is 97.1 cm³/mol. The fourth-order valence-electron chi connectivity index (χ4n) is 2.06. The quantitative estimate of drug-likeness (QED) is 0.591. The Balaban J connectivity index is 2.13. The van der Waals surface area contributed by atoms with Crippen LogP contribution in [0.1, 0.15) is 31.4 Å². The van der Waals surface area contributed by atoms with Crippen molar-refractivity contribution in [3.8, 4) is 0 Å². The molecule has 1 N–H and O–H groups in total. The molecule has 0 saturated carbocycles. The zero-order valence-electron chi connectivity index (χ0n) is 13.1. The Kier molecular flexibility index (Phi) is 5.96. The van der Waals surface area contributed by atoms with Gasteiger partial charge in [0.15, 0.2) is 0 Å². The van der Waals surface area contributed by atoms with Crippen LogP contribution < -0.4 is 4.83 Å². The third-order valence-corrected chi connectivity index (χ3v) is 5.12. The van der Waals surface area contributed by atoms with Gasteiger partial charge in [0.2, 0.25) is 0 Å². The molecule has 4 nitrogen and oxygen atoms in total. The van der Waals surface area contributed by atoms with E-state index in [1.165, 1.54) is 17.7 Å². The standard InChI is InChI=1S/C17H19BrN2O2S/c1-3-4-14-5-7-15(8-6-14)13(2)19-20-23(21,22)17-11-9-16(18)10-12-17/h5-12,20H,3-4H2,1-2H3. The van der Waals surface area contributed by atoms with Gasteiger partial charge >= 0.3 is 0 Å². The summed E-state index contributed by atoms with van der Waals surface area (Å²) in [6.07, 6.45) is 2.13. The summed E-state index contributed by atoms with van der Waals surface area (Å²) in [5.74, 6) is 0. The van der Waals surface area contributed by atoms with Gasteiger partial charge in [-0.1, -0.05) is 53.5 Å². The number of halogens is 1. The minimum absolute atomic E-state index is 0.176. The van der Waals surface area contributed by atoms with Crippen molar-refractivity contribution in [3.05, 3.63) is 64.1 Å². The van der Waals surface area contributed by atoms with E-state index in [0.29, 0.717) is 5.71 Å². The third-order valence-electron chi connectivity index (χ3n) is 3.37. The van der Waals surface area contributed by atoms with E-state index in [1.807, 2.05) is 24.3 Å². The first-order chi connectivity index (χ1) is 10.9. The van der Waals surface area contributed by atoms with Gasteiger partial charge in [0.25, 0.3) is 10.0 Å². The van der Waals surface area contributed by atoms with Gasteiger partial charge in [-0.05, 0) is 48.7 Å². The average Bonchev–Trinajstić information content (AvgIpc) is 2.54. The maximum absolute atomic E-state index is 12.2. The molecule has 0 amide bonds. The molecule has 0 aromatic heterocycles. The first-order valence-electron chi connectivity index (χ1n) is 7.33. The predicted octanol–water partition coefficient (Wildman–Crippen LogP) is 4.10. The van der Waals surface area contributed by atoms with Gasteiger partial charge in [0.05, 0.1) is 10.6 Å². The van der Waals surface area contributed by atoms with E-state index >= 15 is 0 Å².